The molecular weight excluding hydrogens is 262 g/mol. The maximum atomic E-state index is 11.5. The predicted octanol–water partition coefficient (Wildman–Crippen LogP) is 3.25. The maximum absolute atomic E-state index is 11.5. The summed E-state index contributed by atoms with van der Waals surface area (Å²) in [6.45, 7) is 1.80. The normalized spacial score (nSPS) is 21.9. The Morgan fingerprint density at radius 2 is 1.71 bits per heavy atom. The molecule has 0 bridgehead atoms. The van der Waals surface area contributed by atoms with Gasteiger partial charge in [0.2, 0.25) is 0 Å². The van der Waals surface area contributed by atoms with E-state index in [1.165, 1.54) is 5.56 Å². The Morgan fingerprint density at radius 3 is 2.48 bits per heavy atom. The Hall–Kier alpha value is -2.13. The van der Waals surface area contributed by atoms with Crippen LogP contribution in [0.2, 0.25) is 0 Å². The van der Waals surface area contributed by atoms with Crippen molar-refractivity contribution in [2.24, 2.45) is 0 Å². The van der Waals surface area contributed by atoms with E-state index in [2.05, 4.69) is 29.6 Å². The van der Waals surface area contributed by atoms with Gasteiger partial charge in [0.1, 0.15) is 0 Å². The second-order valence-corrected chi connectivity index (χ2v) is 5.51. The Labute approximate surface area is 124 Å². The SMILES string of the molecule is O=C(O)c1ccccc1C1CNCCC1c1ccccc1. The summed E-state index contributed by atoms with van der Waals surface area (Å²) in [6, 6.07) is 17.8. The average molecular weight is 281 g/mol. The summed E-state index contributed by atoms with van der Waals surface area (Å²) in [6.07, 6.45) is 1.03. The van der Waals surface area contributed by atoms with Gasteiger partial charge in [-0.1, -0.05) is 48.5 Å². The second kappa shape index (κ2) is 6.10. The number of benzene rings is 2. The number of aromatic carboxylic acids is 1. The van der Waals surface area contributed by atoms with Gasteiger partial charge in [0.15, 0.2) is 0 Å². The van der Waals surface area contributed by atoms with Crippen LogP contribution in [0, 0.1) is 0 Å². The molecule has 0 radical (unpaired) electrons. The van der Waals surface area contributed by atoms with Crippen molar-refractivity contribution in [3.05, 3.63) is 71.3 Å². The van der Waals surface area contributed by atoms with E-state index in [0.717, 1.165) is 25.1 Å². The van der Waals surface area contributed by atoms with Crippen molar-refractivity contribution < 1.29 is 9.90 Å². The van der Waals surface area contributed by atoms with E-state index in [1.54, 1.807) is 12.1 Å². The lowest BCUT2D eigenvalue weighted by Crippen LogP contribution is -2.34. The fourth-order valence-electron chi connectivity index (χ4n) is 3.30. The molecule has 0 amide bonds. The third-order valence-corrected chi connectivity index (χ3v) is 4.30. The molecule has 108 valence electrons. The molecule has 1 saturated heterocycles. The van der Waals surface area contributed by atoms with Crippen LogP contribution in [0.1, 0.15) is 39.7 Å². The summed E-state index contributed by atoms with van der Waals surface area (Å²) >= 11 is 0. The molecule has 3 nitrogen and oxygen atoms in total. The number of hydrogen-bond acceptors (Lipinski definition) is 2. The molecule has 2 atom stereocenters. The topological polar surface area (TPSA) is 49.3 Å². The number of carboxylic acid groups (broad SMARTS) is 1. The van der Waals surface area contributed by atoms with Gasteiger partial charge in [-0.15, -0.1) is 0 Å². The zero-order valence-corrected chi connectivity index (χ0v) is 11.8. The van der Waals surface area contributed by atoms with Gasteiger partial charge in [0, 0.05) is 12.5 Å². The summed E-state index contributed by atoms with van der Waals surface area (Å²) < 4.78 is 0. The van der Waals surface area contributed by atoms with Gasteiger partial charge in [0.05, 0.1) is 5.56 Å². The molecule has 1 aliphatic rings. The highest BCUT2D eigenvalue weighted by Crippen LogP contribution is 2.38. The fourth-order valence-corrected chi connectivity index (χ4v) is 3.30. The van der Waals surface area contributed by atoms with Gasteiger partial charge in [0.25, 0.3) is 0 Å². The molecule has 1 aliphatic heterocycles. The van der Waals surface area contributed by atoms with Crippen LogP contribution in [0.15, 0.2) is 54.6 Å². The van der Waals surface area contributed by atoms with Gasteiger partial charge < -0.3 is 10.4 Å². The molecular formula is C18H19NO2. The van der Waals surface area contributed by atoms with E-state index in [-0.39, 0.29) is 5.92 Å². The van der Waals surface area contributed by atoms with Crippen LogP contribution in [-0.4, -0.2) is 24.2 Å². The summed E-state index contributed by atoms with van der Waals surface area (Å²) in [7, 11) is 0. The van der Waals surface area contributed by atoms with E-state index in [0.29, 0.717) is 11.5 Å². The molecule has 2 aromatic rings. The summed E-state index contributed by atoms with van der Waals surface area (Å²) in [4.78, 5) is 11.5. The van der Waals surface area contributed by atoms with Crippen LogP contribution in [0.4, 0.5) is 0 Å². The molecule has 2 aromatic carbocycles. The molecule has 3 rings (SSSR count). The lowest BCUT2D eigenvalue weighted by Gasteiger charge is -2.33. The molecule has 2 N–H and O–H groups in total. The Bertz CT molecular complexity index is 624. The molecule has 3 heteroatoms. The molecule has 21 heavy (non-hydrogen) atoms. The van der Waals surface area contributed by atoms with Crippen molar-refractivity contribution >= 4 is 5.97 Å². The van der Waals surface area contributed by atoms with Crippen molar-refractivity contribution in [1.29, 1.82) is 0 Å². The third kappa shape index (κ3) is 2.83. The maximum Gasteiger partial charge on any atom is 0.335 e. The molecule has 1 fully saturated rings. The van der Waals surface area contributed by atoms with E-state index in [1.807, 2.05) is 18.2 Å². The summed E-state index contributed by atoms with van der Waals surface area (Å²) in [5, 5.41) is 12.8. The Morgan fingerprint density at radius 1 is 1.00 bits per heavy atom. The largest absolute Gasteiger partial charge is 0.478 e. The van der Waals surface area contributed by atoms with E-state index in [4.69, 9.17) is 0 Å². The zero-order valence-electron chi connectivity index (χ0n) is 11.8. The summed E-state index contributed by atoms with van der Waals surface area (Å²) in [5.41, 5.74) is 2.65. The molecule has 0 spiro atoms. The number of carboxylic acids is 1. The zero-order chi connectivity index (χ0) is 14.7. The van der Waals surface area contributed by atoms with Crippen LogP contribution >= 0.6 is 0 Å². The van der Waals surface area contributed by atoms with Crippen LogP contribution in [0.3, 0.4) is 0 Å². The monoisotopic (exact) mass is 281 g/mol. The number of rotatable bonds is 3. The van der Waals surface area contributed by atoms with Crippen LogP contribution in [0.25, 0.3) is 0 Å². The van der Waals surface area contributed by atoms with E-state index in [9.17, 15) is 9.90 Å². The first-order chi connectivity index (χ1) is 10.3. The first-order valence-corrected chi connectivity index (χ1v) is 7.35. The minimum atomic E-state index is -0.844. The van der Waals surface area contributed by atoms with E-state index >= 15 is 0 Å². The first-order valence-electron chi connectivity index (χ1n) is 7.35. The molecule has 0 aromatic heterocycles. The van der Waals surface area contributed by atoms with Gasteiger partial charge in [-0.25, -0.2) is 4.79 Å². The van der Waals surface area contributed by atoms with Gasteiger partial charge in [-0.05, 0) is 36.1 Å². The fraction of sp³-hybridized carbons (Fsp3) is 0.278. The second-order valence-electron chi connectivity index (χ2n) is 5.51. The van der Waals surface area contributed by atoms with Gasteiger partial charge in [-0.2, -0.15) is 0 Å². The highest BCUT2D eigenvalue weighted by molar-refractivity contribution is 5.89. The lowest BCUT2D eigenvalue weighted by atomic mass is 9.76. The van der Waals surface area contributed by atoms with Crippen LogP contribution in [-0.2, 0) is 0 Å². The predicted molar refractivity (Wildman–Crippen MR) is 82.8 cm³/mol. The van der Waals surface area contributed by atoms with Crippen molar-refractivity contribution in [3.8, 4) is 0 Å². The van der Waals surface area contributed by atoms with Gasteiger partial charge >= 0.3 is 5.97 Å². The smallest absolute Gasteiger partial charge is 0.335 e. The van der Waals surface area contributed by atoms with Crippen molar-refractivity contribution in [3.63, 3.8) is 0 Å². The van der Waals surface area contributed by atoms with Crippen molar-refractivity contribution in [1.82, 2.24) is 5.32 Å². The quantitative estimate of drug-likeness (QED) is 0.908. The van der Waals surface area contributed by atoms with E-state index < -0.39 is 5.97 Å². The first kappa shape index (κ1) is 13.8. The average Bonchev–Trinajstić information content (AvgIpc) is 2.55. The van der Waals surface area contributed by atoms with Crippen LogP contribution < -0.4 is 5.32 Å². The molecule has 2 unspecified atom stereocenters. The Balaban J connectivity index is 2.01. The van der Waals surface area contributed by atoms with Crippen LogP contribution in [0.5, 0.6) is 0 Å². The molecule has 0 saturated carbocycles. The highest BCUT2D eigenvalue weighted by atomic mass is 16.4. The number of nitrogens with one attached hydrogen (secondary N) is 1. The summed E-state index contributed by atoms with van der Waals surface area (Å²) in [5.74, 6) is -0.274. The minimum absolute atomic E-state index is 0.202. The number of piperidine rings is 1. The molecule has 0 aliphatic carbocycles. The number of hydrogen-bond donors (Lipinski definition) is 2. The lowest BCUT2D eigenvalue weighted by molar-refractivity contribution is 0.0694. The third-order valence-electron chi connectivity index (χ3n) is 4.30. The van der Waals surface area contributed by atoms with Gasteiger partial charge in [-0.3, -0.25) is 0 Å². The minimum Gasteiger partial charge on any atom is -0.478 e. The Kier molecular flexibility index (Phi) is 4.02. The van der Waals surface area contributed by atoms with Crippen molar-refractivity contribution in [2.45, 2.75) is 18.3 Å². The number of carbonyl (C=O) groups is 1. The van der Waals surface area contributed by atoms with Crippen molar-refractivity contribution in [2.75, 3.05) is 13.1 Å². The highest BCUT2D eigenvalue weighted by Gasteiger charge is 2.30. The molecule has 1 heterocycles. The standard InChI is InChI=1S/C18H19NO2/c20-18(21)16-9-5-4-8-15(16)17-12-19-11-10-14(17)13-6-2-1-3-7-13/h1-9,14,17,19H,10-12H2,(H,20,21).